The maximum absolute atomic E-state index is 4.39. The molecule has 16 heavy (non-hydrogen) atoms. The van der Waals surface area contributed by atoms with Crippen LogP contribution in [0.25, 0.3) is 0 Å². The summed E-state index contributed by atoms with van der Waals surface area (Å²) in [7, 11) is 3.80. The number of nitrogens with zero attached hydrogens (tertiary/aromatic N) is 4. The largest absolute Gasteiger partial charge is 0.357 e. The van der Waals surface area contributed by atoms with Crippen molar-refractivity contribution in [3.05, 3.63) is 35.7 Å². The summed E-state index contributed by atoms with van der Waals surface area (Å²) in [5, 5.41) is 2.95. The summed E-state index contributed by atoms with van der Waals surface area (Å²) in [5.74, 6) is 1.66. The summed E-state index contributed by atoms with van der Waals surface area (Å²) in [6.07, 6.45) is 4.45. The lowest BCUT2D eigenvalue weighted by molar-refractivity contribution is 0.808. The van der Waals surface area contributed by atoms with Crippen LogP contribution >= 0.6 is 0 Å². The average Bonchev–Trinajstić information content (AvgIpc) is 2.63. The molecule has 0 aromatic carbocycles. The van der Waals surface area contributed by atoms with E-state index < -0.39 is 0 Å². The molecule has 0 aliphatic rings. The van der Waals surface area contributed by atoms with Gasteiger partial charge in [-0.15, -0.1) is 0 Å². The van der Waals surface area contributed by atoms with E-state index in [0.717, 1.165) is 23.6 Å². The molecule has 2 heterocycles. The Kier molecular flexibility index (Phi) is 2.85. The van der Waals surface area contributed by atoms with Gasteiger partial charge < -0.3 is 9.88 Å². The molecule has 0 saturated heterocycles. The second-order valence-corrected chi connectivity index (χ2v) is 3.71. The second-order valence-electron chi connectivity index (χ2n) is 3.71. The molecule has 5 heteroatoms. The highest BCUT2D eigenvalue weighted by molar-refractivity contribution is 5.28. The summed E-state index contributed by atoms with van der Waals surface area (Å²) in [5.41, 5.74) is 1.94. The van der Waals surface area contributed by atoms with E-state index in [1.165, 1.54) is 0 Å². The van der Waals surface area contributed by atoms with Crippen LogP contribution in [0, 0.1) is 6.92 Å². The average molecular weight is 217 g/mol. The third-order valence-electron chi connectivity index (χ3n) is 2.39. The second kappa shape index (κ2) is 4.30. The topological polar surface area (TPSA) is 55.6 Å². The van der Waals surface area contributed by atoms with Crippen molar-refractivity contribution in [1.29, 1.82) is 0 Å². The van der Waals surface area contributed by atoms with Gasteiger partial charge in [0.1, 0.15) is 5.82 Å². The molecule has 2 aromatic heterocycles. The normalized spacial score (nSPS) is 10.4. The molecular formula is C11H15N5. The molecule has 2 rings (SSSR count). The van der Waals surface area contributed by atoms with Crippen LogP contribution in [0.3, 0.4) is 0 Å². The van der Waals surface area contributed by atoms with Gasteiger partial charge in [0, 0.05) is 38.6 Å². The fourth-order valence-electron chi connectivity index (χ4n) is 1.56. The van der Waals surface area contributed by atoms with Crippen molar-refractivity contribution >= 4 is 5.95 Å². The summed E-state index contributed by atoms with van der Waals surface area (Å²) >= 11 is 0. The van der Waals surface area contributed by atoms with Gasteiger partial charge in [0.2, 0.25) is 5.95 Å². The molecule has 1 N–H and O–H groups in total. The Labute approximate surface area is 94.6 Å². The van der Waals surface area contributed by atoms with Crippen molar-refractivity contribution in [2.24, 2.45) is 7.05 Å². The van der Waals surface area contributed by atoms with Crippen molar-refractivity contribution in [3.63, 3.8) is 0 Å². The molecule has 0 unspecified atom stereocenters. The Balaban J connectivity index is 2.28. The van der Waals surface area contributed by atoms with Crippen molar-refractivity contribution in [2.75, 3.05) is 12.4 Å². The Morgan fingerprint density at radius 3 is 2.81 bits per heavy atom. The molecule has 2 aromatic rings. The van der Waals surface area contributed by atoms with Gasteiger partial charge in [0.25, 0.3) is 0 Å². The van der Waals surface area contributed by atoms with Crippen molar-refractivity contribution in [3.8, 4) is 0 Å². The standard InChI is InChI=1S/C11H15N5/c1-8-6-9(15-11(12-2)14-8)7-10-13-4-5-16(10)3/h4-6H,7H2,1-3H3,(H,12,14,15). The molecule has 0 aliphatic heterocycles. The van der Waals surface area contributed by atoms with E-state index in [0.29, 0.717) is 5.95 Å². The number of hydrogen-bond donors (Lipinski definition) is 1. The first-order chi connectivity index (χ1) is 7.69. The van der Waals surface area contributed by atoms with Gasteiger partial charge in [-0.05, 0) is 13.0 Å². The number of rotatable bonds is 3. The van der Waals surface area contributed by atoms with Crippen LogP contribution < -0.4 is 5.32 Å². The first-order valence-corrected chi connectivity index (χ1v) is 5.17. The lowest BCUT2D eigenvalue weighted by Gasteiger charge is -2.05. The molecule has 5 nitrogen and oxygen atoms in total. The fraction of sp³-hybridized carbons (Fsp3) is 0.364. The van der Waals surface area contributed by atoms with Crippen LogP contribution in [0.15, 0.2) is 18.5 Å². The van der Waals surface area contributed by atoms with E-state index in [9.17, 15) is 0 Å². The zero-order valence-electron chi connectivity index (χ0n) is 9.73. The van der Waals surface area contributed by atoms with Crippen LogP contribution in [-0.2, 0) is 13.5 Å². The molecule has 0 saturated carbocycles. The lowest BCUT2D eigenvalue weighted by Crippen LogP contribution is -2.05. The number of imidazole rings is 1. The van der Waals surface area contributed by atoms with Gasteiger partial charge in [-0.2, -0.15) is 0 Å². The molecule has 84 valence electrons. The van der Waals surface area contributed by atoms with Gasteiger partial charge in [0.15, 0.2) is 0 Å². The van der Waals surface area contributed by atoms with Gasteiger partial charge in [-0.25, -0.2) is 15.0 Å². The van der Waals surface area contributed by atoms with Gasteiger partial charge in [0.05, 0.1) is 5.69 Å². The maximum Gasteiger partial charge on any atom is 0.222 e. The fourth-order valence-corrected chi connectivity index (χ4v) is 1.56. The van der Waals surface area contributed by atoms with E-state index in [2.05, 4.69) is 20.3 Å². The SMILES string of the molecule is CNc1nc(C)cc(Cc2nccn2C)n1. The summed E-state index contributed by atoms with van der Waals surface area (Å²) in [6, 6.07) is 1.98. The van der Waals surface area contributed by atoms with Gasteiger partial charge in [-0.3, -0.25) is 0 Å². The first-order valence-electron chi connectivity index (χ1n) is 5.17. The molecule has 0 fully saturated rings. The third-order valence-corrected chi connectivity index (χ3v) is 2.39. The quantitative estimate of drug-likeness (QED) is 0.838. The van der Waals surface area contributed by atoms with Crippen molar-refractivity contribution < 1.29 is 0 Å². The minimum absolute atomic E-state index is 0.657. The number of hydrogen-bond acceptors (Lipinski definition) is 4. The molecule has 0 aliphatic carbocycles. The minimum atomic E-state index is 0.657. The molecule has 0 radical (unpaired) electrons. The first kappa shape index (κ1) is 10.6. The number of aromatic nitrogens is 4. The summed E-state index contributed by atoms with van der Waals surface area (Å²) < 4.78 is 2.00. The van der Waals surface area contributed by atoms with E-state index >= 15 is 0 Å². The summed E-state index contributed by atoms with van der Waals surface area (Å²) in [6.45, 7) is 1.96. The van der Waals surface area contributed by atoms with Gasteiger partial charge in [-0.1, -0.05) is 0 Å². The minimum Gasteiger partial charge on any atom is -0.357 e. The van der Waals surface area contributed by atoms with E-state index in [1.807, 2.05) is 37.8 Å². The highest BCUT2D eigenvalue weighted by Crippen LogP contribution is 2.08. The number of anilines is 1. The van der Waals surface area contributed by atoms with E-state index in [4.69, 9.17) is 0 Å². The maximum atomic E-state index is 4.39. The summed E-state index contributed by atoms with van der Waals surface area (Å²) in [4.78, 5) is 12.9. The van der Waals surface area contributed by atoms with Crippen LogP contribution in [-0.4, -0.2) is 26.6 Å². The molecule has 0 bridgehead atoms. The highest BCUT2D eigenvalue weighted by Gasteiger charge is 2.05. The van der Waals surface area contributed by atoms with E-state index in [1.54, 1.807) is 6.20 Å². The Morgan fingerprint density at radius 1 is 1.38 bits per heavy atom. The lowest BCUT2D eigenvalue weighted by atomic mass is 10.2. The van der Waals surface area contributed by atoms with Crippen LogP contribution in [0.4, 0.5) is 5.95 Å². The Bertz CT molecular complexity index is 489. The zero-order valence-corrected chi connectivity index (χ0v) is 9.73. The smallest absolute Gasteiger partial charge is 0.222 e. The van der Waals surface area contributed by atoms with Crippen LogP contribution in [0.2, 0.25) is 0 Å². The van der Waals surface area contributed by atoms with Gasteiger partial charge >= 0.3 is 0 Å². The monoisotopic (exact) mass is 217 g/mol. The zero-order chi connectivity index (χ0) is 11.5. The molecule has 0 spiro atoms. The van der Waals surface area contributed by atoms with Crippen LogP contribution in [0.5, 0.6) is 0 Å². The Morgan fingerprint density at radius 2 is 2.19 bits per heavy atom. The third kappa shape index (κ3) is 2.18. The predicted octanol–water partition coefficient (Wildman–Crippen LogP) is 1.15. The number of nitrogens with one attached hydrogen (secondary N) is 1. The molecule has 0 atom stereocenters. The molecular weight excluding hydrogens is 202 g/mol. The van der Waals surface area contributed by atoms with Crippen LogP contribution in [0.1, 0.15) is 17.2 Å². The van der Waals surface area contributed by atoms with Crippen molar-refractivity contribution in [2.45, 2.75) is 13.3 Å². The van der Waals surface area contributed by atoms with Crippen molar-refractivity contribution in [1.82, 2.24) is 19.5 Å². The van der Waals surface area contributed by atoms with E-state index in [-0.39, 0.29) is 0 Å². The predicted molar refractivity (Wildman–Crippen MR) is 62.3 cm³/mol. The highest BCUT2D eigenvalue weighted by atomic mass is 15.1. The molecule has 0 amide bonds. The number of aryl methyl sites for hydroxylation is 2. The Hall–Kier alpha value is -1.91.